The minimum Gasteiger partial charge on any atom is -0.481 e. The average Bonchev–Trinajstić information content (AvgIpc) is 3.20. The highest BCUT2D eigenvalue weighted by Crippen LogP contribution is 2.32. The molecule has 1 fully saturated rings. The molecule has 0 spiro atoms. The van der Waals surface area contributed by atoms with Gasteiger partial charge in [0.1, 0.15) is 6.10 Å². The molecule has 2 N–H and O–H groups in total. The topological polar surface area (TPSA) is 88.1 Å². The van der Waals surface area contributed by atoms with Crippen molar-refractivity contribution >= 4 is 40.3 Å². The van der Waals surface area contributed by atoms with Crippen LogP contribution in [-0.2, 0) is 4.79 Å². The van der Waals surface area contributed by atoms with Crippen LogP contribution in [-0.4, -0.2) is 32.1 Å². The molecule has 0 aliphatic heterocycles. The number of carboxylic acids is 1. The van der Waals surface area contributed by atoms with Gasteiger partial charge in [-0.15, -0.1) is 0 Å². The summed E-state index contributed by atoms with van der Waals surface area (Å²) in [5.74, 6) is -1.02. The van der Waals surface area contributed by atoms with Gasteiger partial charge in [0.2, 0.25) is 0 Å². The van der Waals surface area contributed by atoms with Crippen LogP contribution >= 0.6 is 23.2 Å². The number of carboxylic acid groups (broad SMARTS) is 1. The monoisotopic (exact) mass is 481 g/mol. The third kappa shape index (κ3) is 4.68. The van der Waals surface area contributed by atoms with Crippen molar-refractivity contribution < 1.29 is 14.6 Å². The standard InChI is InChI=1S/C25H21Cl2N3O3/c26-18-3-1-2-17(12-18)14-4-6-15(7-5-14)22-20(27)13-21-23(29-22)30-25(28-21)33-19-10-8-16(9-11-19)24(31)32/h1-7,12-13,16,19H,8-11H2,(H,31,32)(H,28,29,30). The molecule has 8 heteroatoms. The molecule has 1 aliphatic carbocycles. The molecule has 1 aliphatic rings. The van der Waals surface area contributed by atoms with Crippen molar-refractivity contribution in [2.75, 3.05) is 0 Å². The van der Waals surface area contributed by atoms with Crippen molar-refractivity contribution in [3.8, 4) is 28.4 Å². The molecule has 2 aromatic carbocycles. The molecule has 0 atom stereocenters. The van der Waals surface area contributed by atoms with E-state index < -0.39 is 5.97 Å². The molecule has 1 saturated carbocycles. The van der Waals surface area contributed by atoms with Gasteiger partial charge in [0.25, 0.3) is 6.01 Å². The van der Waals surface area contributed by atoms with Gasteiger partial charge in [-0.2, -0.15) is 4.98 Å². The van der Waals surface area contributed by atoms with Crippen LogP contribution in [0.15, 0.2) is 54.6 Å². The number of rotatable bonds is 5. The van der Waals surface area contributed by atoms with Gasteiger partial charge < -0.3 is 14.8 Å². The number of aliphatic carboxylic acids is 1. The first kappa shape index (κ1) is 21.7. The number of nitrogens with one attached hydrogen (secondary N) is 1. The lowest BCUT2D eigenvalue weighted by molar-refractivity contribution is -0.143. The Hall–Kier alpha value is -3.09. The fourth-order valence-electron chi connectivity index (χ4n) is 4.23. The number of halogens is 2. The quantitative estimate of drug-likeness (QED) is 0.334. The van der Waals surface area contributed by atoms with Crippen molar-refractivity contribution in [2.24, 2.45) is 5.92 Å². The Labute approximate surface area is 200 Å². The lowest BCUT2D eigenvalue weighted by atomic mass is 9.87. The summed E-state index contributed by atoms with van der Waals surface area (Å²) < 4.78 is 5.97. The maximum absolute atomic E-state index is 11.1. The minimum atomic E-state index is -0.732. The number of ether oxygens (including phenoxy) is 1. The maximum atomic E-state index is 11.1. The highest BCUT2D eigenvalue weighted by atomic mass is 35.5. The lowest BCUT2D eigenvalue weighted by Crippen LogP contribution is -2.28. The molecule has 0 amide bonds. The van der Waals surface area contributed by atoms with E-state index in [0.717, 1.165) is 16.7 Å². The number of aromatic amines is 1. The molecule has 33 heavy (non-hydrogen) atoms. The van der Waals surface area contributed by atoms with Crippen molar-refractivity contribution in [1.29, 1.82) is 0 Å². The number of fused-ring (bicyclic) bond motifs is 1. The van der Waals surface area contributed by atoms with Crippen LogP contribution in [0.4, 0.5) is 0 Å². The predicted molar refractivity (Wildman–Crippen MR) is 129 cm³/mol. The van der Waals surface area contributed by atoms with Crippen LogP contribution in [0.2, 0.25) is 10.0 Å². The van der Waals surface area contributed by atoms with E-state index >= 15 is 0 Å². The van der Waals surface area contributed by atoms with Crippen molar-refractivity contribution in [3.63, 3.8) is 0 Å². The van der Waals surface area contributed by atoms with Gasteiger partial charge in [-0.25, -0.2) is 4.98 Å². The highest BCUT2D eigenvalue weighted by molar-refractivity contribution is 6.33. The van der Waals surface area contributed by atoms with E-state index in [2.05, 4.69) is 15.0 Å². The molecule has 2 aromatic heterocycles. The zero-order valence-corrected chi connectivity index (χ0v) is 19.1. The summed E-state index contributed by atoms with van der Waals surface area (Å²) in [5.41, 5.74) is 4.81. The Bertz CT molecular complexity index is 1310. The first-order chi connectivity index (χ1) is 16.0. The molecule has 0 unspecified atom stereocenters. The molecule has 6 nitrogen and oxygen atoms in total. The van der Waals surface area contributed by atoms with Crippen LogP contribution in [0.1, 0.15) is 25.7 Å². The normalized spacial score (nSPS) is 18.4. The Morgan fingerprint density at radius 3 is 2.36 bits per heavy atom. The van der Waals surface area contributed by atoms with E-state index in [1.54, 1.807) is 6.07 Å². The highest BCUT2D eigenvalue weighted by Gasteiger charge is 2.27. The zero-order chi connectivity index (χ0) is 22.9. The van der Waals surface area contributed by atoms with Crippen molar-refractivity contribution in [3.05, 3.63) is 64.6 Å². The van der Waals surface area contributed by atoms with E-state index in [1.165, 1.54) is 0 Å². The third-order valence-electron chi connectivity index (χ3n) is 6.02. The molecule has 0 radical (unpaired) electrons. The molecular formula is C25H21Cl2N3O3. The Morgan fingerprint density at radius 1 is 0.939 bits per heavy atom. The van der Waals surface area contributed by atoms with E-state index in [-0.39, 0.29) is 12.0 Å². The number of H-pyrrole nitrogens is 1. The van der Waals surface area contributed by atoms with E-state index in [4.69, 9.17) is 33.0 Å². The van der Waals surface area contributed by atoms with Gasteiger partial charge in [-0.05, 0) is 55.0 Å². The zero-order valence-electron chi connectivity index (χ0n) is 17.6. The summed E-state index contributed by atoms with van der Waals surface area (Å²) in [6.45, 7) is 0. The maximum Gasteiger partial charge on any atom is 0.306 e. The number of pyridine rings is 1. The second-order valence-electron chi connectivity index (χ2n) is 8.25. The second kappa shape index (κ2) is 9.04. The number of hydrogen-bond donors (Lipinski definition) is 2. The van der Waals surface area contributed by atoms with E-state index in [9.17, 15) is 4.79 Å². The summed E-state index contributed by atoms with van der Waals surface area (Å²) in [6.07, 6.45) is 2.54. The Morgan fingerprint density at radius 2 is 1.67 bits per heavy atom. The van der Waals surface area contributed by atoms with E-state index in [1.807, 2.05) is 48.5 Å². The number of hydrogen-bond acceptors (Lipinski definition) is 4. The fourth-order valence-corrected chi connectivity index (χ4v) is 4.68. The second-order valence-corrected chi connectivity index (χ2v) is 9.09. The van der Waals surface area contributed by atoms with Gasteiger partial charge in [0, 0.05) is 10.6 Å². The molecule has 0 bridgehead atoms. The molecule has 0 saturated heterocycles. The van der Waals surface area contributed by atoms with Crippen molar-refractivity contribution in [2.45, 2.75) is 31.8 Å². The summed E-state index contributed by atoms with van der Waals surface area (Å²) >= 11 is 12.6. The number of benzene rings is 2. The molecule has 2 heterocycles. The van der Waals surface area contributed by atoms with Crippen LogP contribution in [0.3, 0.4) is 0 Å². The summed E-state index contributed by atoms with van der Waals surface area (Å²) in [7, 11) is 0. The van der Waals surface area contributed by atoms with E-state index in [0.29, 0.717) is 58.6 Å². The van der Waals surface area contributed by atoms with Gasteiger partial charge in [-0.1, -0.05) is 59.6 Å². The van der Waals surface area contributed by atoms with Gasteiger partial charge in [-0.3, -0.25) is 4.79 Å². The smallest absolute Gasteiger partial charge is 0.306 e. The summed E-state index contributed by atoms with van der Waals surface area (Å²) in [5, 5.41) is 10.4. The van der Waals surface area contributed by atoms with Crippen LogP contribution in [0.25, 0.3) is 33.5 Å². The summed E-state index contributed by atoms with van der Waals surface area (Å²) in [6, 6.07) is 17.8. The Balaban J connectivity index is 1.35. The lowest BCUT2D eigenvalue weighted by Gasteiger charge is -2.25. The number of carbonyl (C=O) groups is 1. The number of imidazole rings is 1. The van der Waals surface area contributed by atoms with Gasteiger partial charge >= 0.3 is 5.97 Å². The van der Waals surface area contributed by atoms with Crippen LogP contribution < -0.4 is 4.74 Å². The molecule has 5 rings (SSSR count). The Kier molecular flexibility index (Phi) is 5.96. The van der Waals surface area contributed by atoms with Gasteiger partial charge in [0.05, 0.1) is 22.2 Å². The third-order valence-corrected chi connectivity index (χ3v) is 6.55. The predicted octanol–water partition coefficient (Wildman–Crippen LogP) is 6.62. The SMILES string of the molecule is O=C(O)C1CCC(Oc2nc3nc(-c4ccc(-c5cccc(Cl)c5)cc4)c(Cl)cc3[nH]2)CC1. The molecular weight excluding hydrogens is 461 g/mol. The largest absolute Gasteiger partial charge is 0.481 e. The average molecular weight is 482 g/mol. The molecule has 4 aromatic rings. The first-order valence-electron chi connectivity index (χ1n) is 10.8. The molecule has 168 valence electrons. The van der Waals surface area contributed by atoms with Crippen LogP contribution in [0, 0.1) is 5.92 Å². The fraction of sp³-hybridized carbons (Fsp3) is 0.240. The van der Waals surface area contributed by atoms with Crippen molar-refractivity contribution in [1.82, 2.24) is 15.0 Å². The minimum absolute atomic E-state index is 0.0601. The number of nitrogens with zero attached hydrogens (tertiary/aromatic N) is 2. The summed E-state index contributed by atoms with van der Waals surface area (Å²) in [4.78, 5) is 23.4. The first-order valence-corrected chi connectivity index (χ1v) is 11.5. The number of aromatic nitrogens is 3. The van der Waals surface area contributed by atoms with Gasteiger partial charge in [0.15, 0.2) is 5.65 Å². The van der Waals surface area contributed by atoms with Crippen LogP contribution in [0.5, 0.6) is 6.01 Å².